The van der Waals surface area contributed by atoms with E-state index in [0.29, 0.717) is 11.4 Å². The molecule has 1 N–H and O–H groups in total. The largest absolute Gasteiger partial charge is 0.364 e. The minimum Gasteiger partial charge on any atom is -0.364 e. The number of quaternary nitrogens is 1. The van der Waals surface area contributed by atoms with Crippen LogP contribution in [0.15, 0.2) is 33.6 Å². The van der Waals surface area contributed by atoms with Crippen LogP contribution in [0.4, 0.5) is 0 Å². The fourth-order valence-corrected chi connectivity index (χ4v) is 4.24. The Hall–Kier alpha value is -0.430. The number of morpholine rings is 1. The Morgan fingerprint density at radius 3 is 2.30 bits per heavy atom. The Kier molecular flexibility index (Phi) is 5.23. The maximum absolute atomic E-state index is 12.3. The number of rotatable bonds is 4. The second-order valence-corrected chi connectivity index (χ2v) is 8.46. The molecular formula is C14H21BrNO3S+. The van der Waals surface area contributed by atoms with Gasteiger partial charge in [-0.15, -0.1) is 0 Å². The molecule has 1 aromatic carbocycles. The molecule has 1 heterocycles. The Morgan fingerprint density at radius 1 is 1.20 bits per heavy atom. The summed E-state index contributed by atoms with van der Waals surface area (Å²) in [5.74, 6) is 0.184. The van der Waals surface area contributed by atoms with Crippen LogP contribution in [-0.2, 0) is 14.6 Å². The van der Waals surface area contributed by atoms with Crippen molar-refractivity contribution in [3.63, 3.8) is 0 Å². The van der Waals surface area contributed by atoms with Gasteiger partial charge in [0, 0.05) is 4.47 Å². The van der Waals surface area contributed by atoms with Gasteiger partial charge in [0.1, 0.15) is 31.1 Å². The molecule has 2 atom stereocenters. The van der Waals surface area contributed by atoms with Crippen LogP contribution in [0.2, 0.25) is 0 Å². The lowest BCUT2D eigenvalue weighted by atomic mass is 10.2. The number of hydrogen-bond acceptors (Lipinski definition) is 3. The van der Waals surface area contributed by atoms with Gasteiger partial charge in [-0.25, -0.2) is 8.42 Å². The van der Waals surface area contributed by atoms with Gasteiger partial charge in [-0.05, 0) is 38.1 Å². The standard InChI is InChI=1S/C14H20BrNO3S/c1-11-9-16(10-12(2)19-11)7-8-20(17,18)14-5-3-13(15)4-6-14/h3-6,11-12H,7-10H2,1-2H3/p+1/t11-,12-/m1/s1. The van der Waals surface area contributed by atoms with E-state index >= 15 is 0 Å². The molecule has 1 saturated heterocycles. The molecule has 0 bridgehead atoms. The van der Waals surface area contributed by atoms with E-state index in [-0.39, 0.29) is 18.0 Å². The van der Waals surface area contributed by atoms with E-state index in [4.69, 9.17) is 4.74 Å². The number of nitrogens with one attached hydrogen (secondary N) is 1. The van der Waals surface area contributed by atoms with E-state index in [2.05, 4.69) is 15.9 Å². The third-order valence-corrected chi connectivity index (χ3v) is 5.77. The number of sulfone groups is 1. The average Bonchev–Trinajstić information content (AvgIpc) is 2.36. The molecule has 1 aliphatic heterocycles. The van der Waals surface area contributed by atoms with Gasteiger partial charge in [0.15, 0.2) is 9.84 Å². The van der Waals surface area contributed by atoms with E-state index in [1.807, 2.05) is 13.8 Å². The van der Waals surface area contributed by atoms with Gasteiger partial charge in [-0.3, -0.25) is 0 Å². The highest BCUT2D eigenvalue weighted by molar-refractivity contribution is 9.10. The van der Waals surface area contributed by atoms with Crippen LogP contribution in [0.5, 0.6) is 0 Å². The summed E-state index contributed by atoms with van der Waals surface area (Å²) in [4.78, 5) is 1.70. The van der Waals surface area contributed by atoms with Crippen molar-refractivity contribution in [3.05, 3.63) is 28.7 Å². The maximum atomic E-state index is 12.3. The first kappa shape index (κ1) is 15.9. The van der Waals surface area contributed by atoms with Crippen LogP contribution in [0, 0.1) is 0 Å². The van der Waals surface area contributed by atoms with E-state index in [0.717, 1.165) is 17.6 Å². The van der Waals surface area contributed by atoms with Crippen molar-refractivity contribution >= 4 is 25.8 Å². The topological polar surface area (TPSA) is 47.8 Å². The molecule has 1 fully saturated rings. The normalized spacial score (nSPS) is 27.4. The molecule has 1 aromatic rings. The molecule has 112 valence electrons. The Bertz CT molecular complexity index is 534. The maximum Gasteiger partial charge on any atom is 0.183 e. The molecule has 0 aliphatic carbocycles. The van der Waals surface area contributed by atoms with Crippen molar-refractivity contribution in [3.8, 4) is 0 Å². The zero-order valence-corrected chi connectivity index (χ0v) is 14.2. The third-order valence-electron chi connectivity index (χ3n) is 3.51. The van der Waals surface area contributed by atoms with E-state index in [1.54, 1.807) is 24.3 Å². The van der Waals surface area contributed by atoms with Crippen LogP contribution in [-0.4, -0.2) is 46.0 Å². The molecule has 20 heavy (non-hydrogen) atoms. The molecule has 0 amide bonds. The van der Waals surface area contributed by atoms with Crippen molar-refractivity contribution in [2.45, 2.75) is 31.0 Å². The van der Waals surface area contributed by atoms with Crippen LogP contribution in [0.3, 0.4) is 0 Å². The van der Waals surface area contributed by atoms with Gasteiger partial charge in [-0.2, -0.15) is 0 Å². The second kappa shape index (κ2) is 6.56. The van der Waals surface area contributed by atoms with Gasteiger partial charge >= 0.3 is 0 Å². The quantitative estimate of drug-likeness (QED) is 0.866. The molecule has 0 unspecified atom stereocenters. The Labute approximate surface area is 129 Å². The first-order valence-electron chi connectivity index (χ1n) is 6.84. The lowest BCUT2D eigenvalue weighted by Gasteiger charge is -2.32. The summed E-state index contributed by atoms with van der Waals surface area (Å²) in [6.45, 7) is 6.47. The highest BCUT2D eigenvalue weighted by Crippen LogP contribution is 2.15. The molecule has 0 aromatic heterocycles. The average molecular weight is 363 g/mol. The first-order valence-corrected chi connectivity index (χ1v) is 9.29. The fraction of sp³-hybridized carbons (Fsp3) is 0.571. The highest BCUT2D eigenvalue weighted by atomic mass is 79.9. The van der Waals surface area contributed by atoms with Crippen molar-refractivity contribution in [1.82, 2.24) is 0 Å². The molecule has 1 aliphatic rings. The number of ether oxygens (including phenoxy) is 1. The molecule has 6 heteroatoms. The lowest BCUT2D eigenvalue weighted by Crippen LogP contribution is -3.16. The summed E-state index contributed by atoms with van der Waals surface area (Å²) in [5.41, 5.74) is 0. The lowest BCUT2D eigenvalue weighted by molar-refractivity contribution is -0.912. The van der Waals surface area contributed by atoms with E-state index in [9.17, 15) is 8.42 Å². The monoisotopic (exact) mass is 362 g/mol. The van der Waals surface area contributed by atoms with Crippen LogP contribution >= 0.6 is 15.9 Å². The number of benzene rings is 1. The highest BCUT2D eigenvalue weighted by Gasteiger charge is 2.27. The summed E-state index contributed by atoms with van der Waals surface area (Å²) in [5, 5.41) is 0. The van der Waals surface area contributed by atoms with Gasteiger partial charge in [0.2, 0.25) is 0 Å². The Morgan fingerprint density at radius 2 is 1.75 bits per heavy atom. The second-order valence-electron chi connectivity index (χ2n) is 5.44. The van der Waals surface area contributed by atoms with Crippen molar-refractivity contribution in [2.24, 2.45) is 0 Å². The van der Waals surface area contributed by atoms with Crippen LogP contribution in [0.1, 0.15) is 13.8 Å². The minimum absolute atomic E-state index is 0.184. The van der Waals surface area contributed by atoms with Gasteiger partial charge < -0.3 is 9.64 Å². The fourth-order valence-electron chi connectivity index (χ4n) is 2.63. The first-order chi connectivity index (χ1) is 9.37. The summed E-state index contributed by atoms with van der Waals surface area (Å²) >= 11 is 3.31. The van der Waals surface area contributed by atoms with Gasteiger partial charge in [0.25, 0.3) is 0 Å². The molecule has 2 rings (SSSR count). The summed E-state index contributed by atoms with van der Waals surface area (Å²) in [6, 6.07) is 6.83. The predicted molar refractivity (Wildman–Crippen MR) is 81.8 cm³/mol. The summed E-state index contributed by atoms with van der Waals surface area (Å²) in [6.07, 6.45) is 0.397. The molecule has 0 saturated carbocycles. The summed E-state index contributed by atoms with van der Waals surface area (Å²) in [7, 11) is -3.19. The zero-order chi connectivity index (χ0) is 14.8. The van der Waals surface area contributed by atoms with Crippen molar-refractivity contribution < 1.29 is 18.1 Å². The van der Waals surface area contributed by atoms with Gasteiger partial charge in [-0.1, -0.05) is 15.9 Å². The van der Waals surface area contributed by atoms with Gasteiger partial charge in [0.05, 0.1) is 11.4 Å². The van der Waals surface area contributed by atoms with Crippen molar-refractivity contribution in [2.75, 3.05) is 25.4 Å². The number of halogens is 1. The SMILES string of the molecule is C[C@@H]1C[NH+](CCS(=O)(=O)c2ccc(Br)cc2)C[C@@H](C)O1. The van der Waals surface area contributed by atoms with Crippen molar-refractivity contribution in [1.29, 1.82) is 0 Å². The van der Waals surface area contributed by atoms with Crippen LogP contribution in [0.25, 0.3) is 0 Å². The Balaban J connectivity index is 1.97. The molecule has 0 radical (unpaired) electrons. The number of hydrogen-bond donors (Lipinski definition) is 1. The van der Waals surface area contributed by atoms with E-state index in [1.165, 1.54) is 4.90 Å². The summed E-state index contributed by atoms with van der Waals surface area (Å²) < 4.78 is 31.1. The van der Waals surface area contributed by atoms with Crippen LogP contribution < -0.4 is 4.90 Å². The van der Waals surface area contributed by atoms with E-state index < -0.39 is 9.84 Å². The molecule has 0 spiro atoms. The smallest absolute Gasteiger partial charge is 0.183 e. The molecular weight excluding hydrogens is 342 g/mol. The minimum atomic E-state index is -3.19. The third kappa shape index (κ3) is 4.28. The molecule has 4 nitrogen and oxygen atoms in total. The predicted octanol–water partition coefficient (Wildman–Crippen LogP) is 0.915. The zero-order valence-electron chi connectivity index (χ0n) is 11.8.